The van der Waals surface area contributed by atoms with E-state index in [1.165, 1.54) is 4.90 Å². The van der Waals surface area contributed by atoms with E-state index in [0.717, 1.165) is 10.6 Å². The van der Waals surface area contributed by atoms with Gasteiger partial charge in [0.05, 0.1) is 11.1 Å². The van der Waals surface area contributed by atoms with Gasteiger partial charge in [0.2, 0.25) is 0 Å². The lowest BCUT2D eigenvalue weighted by Crippen LogP contribution is -2.58. The third kappa shape index (κ3) is 7.17. The van der Waals surface area contributed by atoms with Crippen LogP contribution in [-0.2, 0) is 21.0 Å². The van der Waals surface area contributed by atoms with Crippen LogP contribution >= 0.6 is 23.2 Å². The first-order chi connectivity index (χ1) is 18.5. The van der Waals surface area contributed by atoms with Crippen LogP contribution in [0.15, 0.2) is 60.8 Å². The second kappa shape index (κ2) is 12.2. The highest BCUT2D eigenvalue weighted by molar-refractivity contribution is 6.62. The van der Waals surface area contributed by atoms with Gasteiger partial charge in [-0.3, -0.25) is 19.5 Å². The van der Waals surface area contributed by atoms with Crippen LogP contribution in [0.1, 0.15) is 39.2 Å². The van der Waals surface area contributed by atoms with Crippen LogP contribution in [0.2, 0.25) is 5.02 Å². The minimum Gasteiger partial charge on any atom is -0.444 e. The molecule has 1 fully saturated rings. The van der Waals surface area contributed by atoms with Crippen molar-refractivity contribution >= 4 is 51.5 Å². The SMILES string of the molecule is CC(C)(C)OC(=O)N1C[C@H](N(OCc2ccccc2)C(=O)Cl)CC[C@H]1C(=O)Oc1ccc(Cl)c2cccnc12. The number of carbonyl (C=O) groups excluding carboxylic acids is 3. The Kier molecular flexibility index (Phi) is 8.94. The first kappa shape index (κ1) is 28.6. The zero-order valence-corrected chi connectivity index (χ0v) is 23.3. The smallest absolute Gasteiger partial charge is 0.411 e. The Labute approximate surface area is 236 Å². The molecule has 0 radical (unpaired) electrons. The number of carbonyl (C=O) groups is 3. The van der Waals surface area contributed by atoms with Crippen molar-refractivity contribution in [2.45, 2.75) is 57.9 Å². The van der Waals surface area contributed by atoms with Gasteiger partial charge in [-0.05, 0) is 75.0 Å². The van der Waals surface area contributed by atoms with Crippen molar-refractivity contribution < 1.29 is 28.7 Å². The Balaban J connectivity index is 1.55. The molecule has 1 saturated heterocycles. The largest absolute Gasteiger partial charge is 0.444 e. The summed E-state index contributed by atoms with van der Waals surface area (Å²) in [5.74, 6) is -0.447. The van der Waals surface area contributed by atoms with Gasteiger partial charge in [0.15, 0.2) is 5.75 Å². The first-order valence-corrected chi connectivity index (χ1v) is 13.2. The Morgan fingerprint density at radius 2 is 1.79 bits per heavy atom. The molecule has 4 rings (SSSR count). The number of benzene rings is 2. The number of rotatable bonds is 6. The molecule has 0 N–H and O–H groups in total. The summed E-state index contributed by atoms with van der Waals surface area (Å²) >= 11 is 12.1. The highest BCUT2D eigenvalue weighted by Gasteiger charge is 2.42. The topological polar surface area (TPSA) is 98.3 Å². The van der Waals surface area contributed by atoms with E-state index in [9.17, 15) is 14.4 Å². The van der Waals surface area contributed by atoms with Crippen LogP contribution in [0.4, 0.5) is 9.59 Å². The van der Waals surface area contributed by atoms with E-state index in [1.54, 1.807) is 51.2 Å². The molecule has 0 aliphatic carbocycles. The lowest BCUT2D eigenvalue weighted by Gasteiger charge is -2.41. The Hall–Kier alpha value is -3.40. The van der Waals surface area contributed by atoms with Gasteiger partial charge in [-0.25, -0.2) is 14.7 Å². The Morgan fingerprint density at radius 1 is 1.05 bits per heavy atom. The van der Waals surface area contributed by atoms with E-state index < -0.39 is 35.1 Å². The number of hydroxylamine groups is 2. The molecule has 1 aliphatic rings. The molecule has 11 heteroatoms. The van der Waals surface area contributed by atoms with Gasteiger partial charge >= 0.3 is 17.4 Å². The van der Waals surface area contributed by atoms with Crippen LogP contribution in [-0.4, -0.2) is 56.6 Å². The van der Waals surface area contributed by atoms with Gasteiger partial charge < -0.3 is 9.47 Å². The number of likely N-dealkylation sites (tertiary alicyclic amines) is 1. The fourth-order valence-corrected chi connectivity index (χ4v) is 4.70. The molecule has 1 aromatic heterocycles. The third-order valence-electron chi connectivity index (χ3n) is 6.07. The minimum absolute atomic E-state index is 0.0540. The summed E-state index contributed by atoms with van der Waals surface area (Å²) in [6.07, 6.45) is 1.35. The predicted octanol–water partition coefficient (Wildman–Crippen LogP) is 6.35. The van der Waals surface area contributed by atoms with E-state index >= 15 is 0 Å². The van der Waals surface area contributed by atoms with Crippen molar-refractivity contribution in [3.8, 4) is 5.75 Å². The summed E-state index contributed by atoms with van der Waals surface area (Å²) in [5, 5.41) is 1.31. The molecule has 206 valence electrons. The zero-order chi connectivity index (χ0) is 28.2. The van der Waals surface area contributed by atoms with Crippen molar-refractivity contribution in [1.82, 2.24) is 14.9 Å². The van der Waals surface area contributed by atoms with Gasteiger partial charge in [-0.15, -0.1) is 0 Å². The molecule has 39 heavy (non-hydrogen) atoms. The summed E-state index contributed by atoms with van der Waals surface area (Å²) in [7, 11) is 0. The minimum atomic E-state index is -0.980. The van der Waals surface area contributed by atoms with Crippen molar-refractivity contribution in [3.63, 3.8) is 0 Å². The number of aromatic nitrogens is 1. The number of ether oxygens (including phenoxy) is 2. The fraction of sp³-hybridized carbons (Fsp3) is 0.357. The number of nitrogens with zero attached hydrogens (tertiary/aromatic N) is 3. The normalized spacial score (nSPS) is 17.5. The molecular formula is C28H29Cl2N3O6. The predicted molar refractivity (Wildman–Crippen MR) is 146 cm³/mol. The Morgan fingerprint density at radius 3 is 2.49 bits per heavy atom. The van der Waals surface area contributed by atoms with Crippen LogP contribution in [0, 0.1) is 0 Å². The molecule has 3 aromatic rings. The molecule has 0 unspecified atom stereocenters. The number of esters is 1. The number of fused-ring (bicyclic) bond motifs is 1. The maximum atomic E-state index is 13.4. The molecule has 2 aromatic carbocycles. The molecule has 2 atom stereocenters. The molecule has 2 amide bonds. The van der Waals surface area contributed by atoms with Crippen LogP contribution in [0.5, 0.6) is 5.75 Å². The van der Waals surface area contributed by atoms with Gasteiger partial charge in [0, 0.05) is 18.1 Å². The maximum Gasteiger partial charge on any atom is 0.411 e. The molecule has 9 nitrogen and oxygen atoms in total. The van der Waals surface area contributed by atoms with Gasteiger partial charge in [0.25, 0.3) is 0 Å². The standard InChI is InChI=1S/C28H29Cl2N3O6/c1-28(2,3)39-27(36)32-16-19(33(26(30)35)37-17-18-8-5-4-6-9-18)11-13-22(32)25(34)38-23-14-12-21(29)20-10-7-15-31-24(20)23/h4-10,12,14-15,19,22H,11,13,16-17H2,1-3H3/t19-,22+/m1/s1. The van der Waals surface area contributed by atoms with Crippen LogP contribution < -0.4 is 4.74 Å². The summed E-state index contributed by atoms with van der Waals surface area (Å²) in [5.41, 5.74) is 0.440. The Bertz CT molecular complexity index is 1350. The van der Waals surface area contributed by atoms with E-state index in [1.807, 2.05) is 30.3 Å². The van der Waals surface area contributed by atoms with Crippen molar-refractivity contribution in [3.05, 3.63) is 71.4 Å². The molecule has 1 aliphatic heterocycles. The summed E-state index contributed by atoms with van der Waals surface area (Å²) in [6, 6.07) is 14.4. The molecular weight excluding hydrogens is 545 g/mol. The number of halogens is 2. The number of hydrogen-bond donors (Lipinski definition) is 0. The lowest BCUT2D eigenvalue weighted by molar-refractivity contribution is -0.165. The summed E-state index contributed by atoms with van der Waals surface area (Å²) in [6.45, 7) is 5.22. The van der Waals surface area contributed by atoms with Crippen LogP contribution in [0.3, 0.4) is 0 Å². The summed E-state index contributed by atoms with van der Waals surface area (Å²) in [4.78, 5) is 50.3. The average molecular weight is 574 g/mol. The number of pyridine rings is 1. The first-order valence-electron chi connectivity index (χ1n) is 12.4. The van der Waals surface area contributed by atoms with Crippen molar-refractivity contribution in [2.75, 3.05) is 6.54 Å². The zero-order valence-electron chi connectivity index (χ0n) is 21.8. The highest BCUT2D eigenvalue weighted by atomic mass is 35.5. The lowest BCUT2D eigenvalue weighted by atomic mass is 9.98. The van der Waals surface area contributed by atoms with Crippen molar-refractivity contribution in [2.24, 2.45) is 0 Å². The van der Waals surface area contributed by atoms with Crippen LogP contribution in [0.25, 0.3) is 10.9 Å². The third-order valence-corrected chi connectivity index (χ3v) is 6.56. The van der Waals surface area contributed by atoms with E-state index in [2.05, 4.69) is 4.98 Å². The van der Waals surface area contributed by atoms with E-state index in [4.69, 9.17) is 37.5 Å². The quantitative estimate of drug-likeness (QED) is 0.111. The van der Waals surface area contributed by atoms with Crippen molar-refractivity contribution in [1.29, 1.82) is 0 Å². The molecule has 0 saturated carbocycles. The molecule has 2 heterocycles. The second-order valence-corrected chi connectivity index (χ2v) is 10.8. The second-order valence-electron chi connectivity index (χ2n) is 10.1. The maximum absolute atomic E-state index is 13.4. The van der Waals surface area contributed by atoms with Gasteiger partial charge in [-0.1, -0.05) is 41.9 Å². The summed E-state index contributed by atoms with van der Waals surface area (Å²) < 4.78 is 11.3. The molecule has 0 spiro atoms. The van der Waals surface area contributed by atoms with E-state index in [0.29, 0.717) is 22.3 Å². The fourth-order valence-electron chi connectivity index (χ4n) is 4.30. The average Bonchev–Trinajstić information content (AvgIpc) is 2.90. The monoisotopic (exact) mass is 573 g/mol. The number of piperidine rings is 1. The van der Waals surface area contributed by atoms with Gasteiger partial charge in [-0.2, -0.15) is 0 Å². The van der Waals surface area contributed by atoms with Gasteiger partial charge in [0.1, 0.15) is 23.8 Å². The molecule has 0 bridgehead atoms. The van der Waals surface area contributed by atoms with E-state index in [-0.39, 0.29) is 25.3 Å². The number of hydrogen-bond acceptors (Lipinski definition) is 7. The highest BCUT2D eigenvalue weighted by Crippen LogP contribution is 2.31. The number of amides is 2.